The number of para-hydroxylation sites is 1. The third kappa shape index (κ3) is 4.86. The predicted octanol–water partition coefficient (Wildman–Crippen LogP) is 4.19. The van der Waals surface area contributed by atoms with Gasteiger partial charge in [-0.2, -0.15) is 4.68 Å². The van der Waals surface area contributed by atoms with Crippen LogP contribution in [0, 0.1) is 0 Å². The molecule has 1 amide bonds. The highest BCUT2D eigenvalue weighted by molar-refractivity contribution is 7.99. The maximum atomic E-state index is 13.3. The summed E-state index contributed by atoms with van der Waals surface area (Å²) in [4.78, 5) is 30.8. The van der Waals surface area contributed by atoms with Crippen LogP contribution in [-0.4, -0.2) is 37.0 Å². The summed E-state index contributed by atoms with van der Waals surface area (Å²) in [7, 11) is 0. The van der Waals surface area contributed by atoms with Gasteiger partial charge in [-0.25, -0.2) is 4.98 Å². The van der Waals surface area contributed by atoms with Gasteiger partial charge < -0.3 is 9.88 Å². The predicted molar refractivity (Wildman–Crippen MR) is 130 cm³/mol. The molecule has 4 aliphatic rings. The molecule has 0 unspecified atom stereocenters. The maximum absolute atomic E-state index is 13.3. The third-order valence-electron chi connectivity index (χ3n) is 6.72. The minimum absolute atomic E-state index is 0.0658. The highest BCUT2D eigenvalue weighted by Crippen LogP contribution is 2.30. The van der Waals surface area contributed by atoms with Gasteiger partial charge in [0, 0.05) is 18.3 Å². The highest BCUT2D eigenvalue weighted by Gasteiger charge is 2.27. The Morgan fingerprint density at radius 3 is 2.58 bits per heavy atom. The Kier molecular flexibility index (Phi) is 6.80. The van der Waals surface area contributed by atoms with Crippen molar-refractivity contribution in [1.29, 1.82) is 0 Å². The van der Waals surface area contributed by atoms with Gasteiger partial charge in [-0.15, -0.1) is 5.10 Å². The number of carbonyl (C=O) groups is 1. The summed E-state index contributed by atoms with van der Waals surface area (Å²) in [5, 5.41) is 8.59. The molecule has 7 nitrogen and oxygen atoms in total. The van der Waals surface area contributed by atoms with E-state index in [-0.39, 0.29) is 11.5 Å². The lowest BCUT2D eigenvalue weighted by atomic mass is 10.1. The Labute approximate surface area is 198 Å². The van der Waals surface area contributed by atoms with Gasteiger partial charge in [0.15, 0.2) is 11.0 Å². The summed E-state index contributed by atoms with van der Waals surface area (Å²) in [5.74, 6) is 0.873. The second-order valence-corrected chi connectivity index (χ2v) is 10.0. The van der Waals surface area contributed by atoms with Gasteiger partial charge >= 0.3 is 0 Å². The first-order valence-corrected chi connectivity index (χ1v) is 13.2. The van der Waals surface area contributed by atoms with Gasteiger partial charge in [-0.3, -0.25) is 9.59 Å². The second-order valence-electron chi connectivity index (χ2n) is 9.10. The SMILES string of the molecule is O=C(CSc1nc2nn(-c3ccccc3)c(=O)c-2c2n1CCCCC2)NC1CCCCCC1. The zero-order valence-electron chi connectivity index (χ0n) is 19.0. The van der Waals surface area contributed by atoms with Gasteiger partial charge in [0.05, 0.1) is 11.4 Å². The molecule has 1 aromatic rings. The summed E-state index contributed by atoms with van der Waals surface area (Å²) >= 11 is 1.46. The molecule has 1 aliphatic carbocycles. The number of hydrogen-bond donors (Lipinski definition) is 1. The van der Waals surface area contributed by atoms with Crippen molar-refractivity contribution in [3.05, 3.63) is 46.4 Å². The molecule has 1 N–H and O–H groups in total. The van der Waals surface area contributed by atoms with Crippen molar-refractivity contribution in [2.24, 2.45) is 0 Å². The van der Waals surface area contributed by atoms with Gasteiger partial charge in [-0.05, 0) is 44.2 Å². The van der Waals surface area contributed by atoms with E-state index in [1.165, 1.54) is 42.1 Å². The smallest absolute Gasteiger partial charge is 0.284 e. The molecule has 0 spiro atoms. The number of fused-ring (bicyclic) bond motifs is 3. The number of benzene rings is 1. The Morgan fingerprint density at radius 2 is 1.79 bits per heavy atom. The lowest BCUT2D eigenvalue weighted by molar-refractivity contribution is -0.119. The number of amides is 1. The maximum Gasteiger partial charge on any atom is 0.284 e. The van der Waals surface area contributed by atoms with E-state index in [0.717, 1.165) is 61.6 Å². The molecule has 5 rings (SSSR count). The molecule has 33 heavy (non-hydrogen) atoms. The quantitative estimate of drug-likeness (QED) is 0.347. The van der Waals surface area contributed by atoms with Crippen molar-refractivity contribution in [3.8, 4) is 17.1 Å². The fourth-order valence-electron chi connectivity index (χ4n) is 5.03. The lowest BCUT2D eigenvalue weighted by Crippen LogP contribution is -2.35. The largest absolute Gasteiger partial charge is 0.353 e. The fourth-order valence-corrected chi connectivity index (χ4v) is 5.88. The van der Waals surface area contributed by atoms with Crippen molar-refractivity contribution in [2.45, 2.75) is 82.0 Å². The van der Waals surface area contributed by atoms with Crippen molar-refractivity contribution >= 4 is 17.7 Å². The number of nitrogens with zero attached hydrogens (tertiary/aromatic N) is 4. The Hall–Kier alpha value is -2.61. The zero-order valence-corrected chi connectivity index (χ0v) is 19.8. The molecular formula is C25H31N5O2S. The number of carbonyl (C=O) groups excluding carboxylic acids is 1. The van der Waals surface area contributed by atoms with E-state index < -0.39 is 0 Å². The van der Waals surface area contributed by atoms with Gasteiger partial charge in [0.1, 0.15) is 5.56 Å². The van der Waals surface area contributed by atoms with E-state index in [4.69, 9.17) is 4.98 Å². The summed E-state index contributed by atoms with van der Waals surface area (Å²) in [6.45, 7) is 0.820. The lowest BCUT2D eigenvalue weighted by Gasteiger charge is -2.19. The van der Waals surface area contributed by atoms with Crippen molar-refractivity contribution in [2.75, 3.05) is 5.75 Å². The molecule has 0 radical (unpaired) electrons. The van der Waals surface area contributed by atoms with Gasteiger partial charge in [0.2, 0.25) is 5.91 Å². The normalized spacial score (nSPS) is 17.3. The first-order valence-electron chi connectivity index (χ1n) is 12.2. The van der Waals surface area contributed by atoms with E-state index in [2.05, 4.69) is 15.0 Å². The third-order valence-corrected chi connectivity index (χ3v) is 7.70. The van der Waals surface area contributed by atoms with E-state index in [1.54, 1.807) is 0 Å². The zero-order chi connectivity index (χ0) is 22.6. The number of thioether (sulfide) groups is 1. The van der Waals surface area contributed by atoms with Crippen LogP contribution < -0.4 is 10.9 Å². The molecular weight excluding hydrogens is 434 g/mol. The molecule has 3 aliphatic heterocycles. The molecule has 0 saturated heterocycles. The molecule has 0 aromatic heterocycles. The Morgan fingerprint density at radius 1 is 1.03 bits per heavy atom. The monoisotopic (exact) mass is 465 g/mol. The first kappa shape index (κ1) is 22.2. The molecule has 0 atom stereocenters. The molecule has 174 valence electrons. The molecule has 8 heteroatoms. The topological polar surface area (TPSA) is 81.8 Å². The average Bonchev–Trinajstić information content (AvgIpc) is 3.05. The summed E-state index contributed by atoms with van der Waals surface area (Å²) < 4.78 is 3.62. The first-order chi connectivity index (χ1) is 16.2. The summed E-state index contributed by atoms with van der Waals surface area (Å²) in [6.07, 6.45) is 11.1. The highest BCUT2D eigenvalue weighted by atomic mass is 32.2. The average molecular weight is 466 g/mol. The Bertz CT molecular complexity index is 1130. The van der Waals surface area contributed by atoms with Crippen LogP contribution in [0.15, 0.2) is 40.3 Å². The summed E-state index contributed by atoms with van der Waals surface area (Å²) in [5.41, 5.74) is 2.26. The molecule has 1 saturated carbocycles. The van der Waals surface area contributed by atoms with Crippen LogP contribution in [-0.2, 0) is 17.8 Å². The number of rotatable bonds is 5. The molecule has 1 aromatic carbocycles. The van der Waals surface area contributed by atoms with Crippen molar-refractivity contribution in [1.82, 2.24) is 24.6 Å². The Balaban J connectivity index is 1.43. The standard InChI is InChI=1S/C25H31N5O2S/c31-21(26-18-11-5-1-2-6-12-18)17-33-25-27-23-22(20-15-9-4-10-16-29(20)25)24(32)30(28-23)19-13-7-3-8-14-19/h3,7-8,13-14,18H,1-2,4-6,9-12,15-17H2,(H,26,31). The van der Waals surface area contributed by atoms with Crippen LogP contribution >= 0.6 is 11.8 Å². The van der Waals surface area contributed by atoms with E-state index in [1.807, 2.05) is 30.3 Å². The van der Waals surface area contributed by atoms with Crippen LogP contribution in [0.1, 0.15) is 63.5 Å². The van der Waals surface area contributed by atoms with Crippen LogP contribution in [0.25, 0.3) is 17.1 Å². The van der Waals surface area contributed by atoms with Crippen molar-refractivity contribution < 1.29 is 4.79 Å². The number of nitrogens with one attached hydrogen (secondary N) is 1. The van der Waals surface area contributed by atoms with E-state index in [0.29, 0.717) is 23.2 Å². The minimum atomic E-state index is -0.114. The van der Waals surface area contributed by atoms with E-state index in [9.17, 15) is 9.59 Å². The van der Waals surface area contributed by atoms with Gasteiger partial charge in [0.25, 0.3) is 5.56 Å². The van der Waals surface area contributed by atoms with Crippen LogP contribution in [0.2, 0.25) is 0 Å². The summed E-state index contributed by atoms with van der Waals surface area (Å²) in [6, 6.07) is 9.78. The number of hydrogen-bond acceptors (Lipinski definition) is 5. The van der Waals surface area contributed by atoms with Crippen LogP contribution in [0.3, 0.4) is 0 Å². The van der Waals surface area contributed by atoms with E-state index >= 15 is 0 Å². The van der Waals surface area contributed by atoms with Crippen molar-refractivity contribution in [3.63, 3.8) is 0 Å². The molecule has 3 heterocycles. The molecule has 1 fully saturated rings. The second kappa shape index (κ2) is 10.1. The number of aromatic nitrogens is 4. The molecule has 0 bridgehead atoms. The minimum Gasteiger partial charge on any atom is -0.353 e. The van der Waals surface area contributed by atoms with Crippen LogP contribution in [0.4, 0.5) is 0 Å². The van der Waals surface area contributed by atoms with Crippen LogP contribution in [0.5, 0.6) is 0 Å². The van der Waals surface area contributed by atoms with Gasteiger partial charge in [-0.1, -0.05) is 62.1 Å². The fraction of sp³-hybridized carbons (Fsp3) is 0.520.